The third kappa shape index (κ3) is 15.7. The molecule has 1 aromatic heterocycles. The lowest BCUT2D eigenvalue weighted by atomic mass is 10.0. The summed E-state index contributed by atoms with van der Waals surface area (Å²) in [4.78, 5) is 13.4. The zero-order chi connectivity index (χ0) is 73.3. The fourth-order valence-electron chi connectivity index (χ4n) is 8.51. The smallest absolute Gasteiger partial charge is 0.358 e. The quantitative estimate of drug-likeness (QED) is 0.00752. The van der Waals surface area contributed by atoms with Gasteiger partial charge in [0.2, 0.25) is 17.3 Å². The number of nitrogens with two attached hydrogens (primary N) is 1. The van der Waals surface area contributed by atoms with Crippen molar-refractivity contribution in [2.75, 3.05) is 18.1 Å². The van der Waals surface area contributed by atoms with Gasteiger partial charge in [-0.15, -0.1) is 40.9 Å². The first-order valence-electron chi connectivity index (χ1n) is 24.7. The van der Waals surface area contributed by atoms with Gasteiger partial charge in [-0.3, -0.25) is 46.5 Å². The summed E-state index contributed by atoms with van der Waals surface area (Å²) in [6.45, 7) is -0.867. The van der Waals surface area contributed by atoms with Crippen LogP contribution in [-0.2, 0) is 80.9 Å². The number of aromatic carboxylic acids is 1. The molecule has 8 aromatic rings. The highest BCUT2D eigenvalue weighted by molar-refractivity contribution is 7.88. The van der Waals surface area contributed by atoms with Gasteiger partial charge in [0.25, 0.3) is 80.9 Å². The number of fused-ring (bicyclic) bond motifs is 2. The summed E-state index contributed by atoms with van der Waals surface area (Å²) in [7, 11) is -43.7. The molecule has 0 amide bonds. The molecule has 520 valence electrons. The van der Waals surface area contributed by atoms with Crippen LogP contribution in [0.1, 0.15) is 16.9 Å². The second-order valence-corrected chi connectivity index (χ2v) is 30.8. The van der Waals surface area contributed by atoms with Gasteiger partial charge in [-0.2, -0.15) is 77.1 Å². The molecule has 14 N–H and O–H groups in total. The normalized spacial score (nSPS) is 13.3. The van der Waals surface area contributed by atoms with E-state index in [0.717, 1.165) is 24.3 Å². The van der Waals surface area contributed by atoms with Crippen LogP contribution in [0.15, 0.2) is 154 Å². The predicted octanol–water partition coefficient (Wildman–Crippen LogP) is 7.18. The molecular formula is C45H33ClN12O32S8. The maximum Gasteiger partial charge on any atom is 0.358 e. The highest BCUT2D eigenvalue weighted by atomic mass is 35.5. The number of aromatic nitrogens is 2. The van der Waals surface area contributed by atoms with E-state index in [1.807, 2.05) is 0 Å². The number of carboxylic acid groups (broad SMARTS) is 1. The maximum absolute atomic E-state index is 13.2. The van der Waals surface area contributed by atoms with E-state index in [1.54, 1.807) is 0 Å². The number of hydrogen-bond donors (Lipinski definition) is 13. The molecule has 0 fully saturated rings. The number of halogens is 1. The number of azo groups is 4. The van der Waals surface area contributed by atoms with Crippen molar-refractivity contribution in [3.8, 4) is 28.8 Å². The third-order valence-electron chi connectivity index (χ3n) is 12.6. The number of anilines is 1. The first-order valence-corrected chi connectivity index (χ1v) is 36.8. The number of phenolic OH excluding ortho intramolecular Hbond substituents is 2. The zero-order valence-electron chi connectivity index (χ0n) is 46.8. The minimum atomic E-state index is -5.89. The lowest BCUT2D eigenvalue weighted by molar-refractivity contribution is -0.386. The summed E-state index contributed by atoms with van der Waals surface area (Å²) in [5.74, 6) is -8.40. The zero-order valence-corrected chi connectivity index (χ0v) is 54.1. The van der Waals surface area contributed by atoms with Crippen molar-refractivity contribution >= 4 is 177 Å². The van der Waals surface area contributed by atoms with E-state index in [0.29, 0.717) is 28.9 Å². The average Bonchev–Trinajstić information content (AvgIpc) is 1.04. The molecule has 53 heteroatoms. The third-order valence-corrected chi connectivity index (χ3v) is 19.9. The molecule has 1 heterocycles. The Morgan fingerprint density at radius 1 is 0.531 bits per heavy atom. The van der Waals surface area contributed by atoms with Crippen molar-refractivity contribution in [2.24, 2.45) is 40.9 Å². The Morgan fingerprint density at radius 3 is 1.56 bits per heavy atom. The number of nitro benzene ring substituents is 1. The Balaban J connectivity index is 1.27. The van der Waals surface area contributed by atoms with Crippen LogP contribution in [0.25, 0.3) is 27.2 Å². The first kappa shape index (κ1) is 73.9. The molecule has 0 spiro atoms. The van der Waals surface area contributed by atoms with Crippen LogP contribution in [-0.4, -0.2) is 157 Å². The molecule has 0 saturated carbocycles. The maximum atomic E-state index is 13.2. The van der Waals surface area contributed by atoms with Crippen molar-refractivity contribution in [1.29, 1.82) is 0 Å². The Kier molecular flexibility index (Phi) is 19.7. The van der Waals surface area contributed by atoms with E-state index in [1.165, 1.54) is 0 Å². The number of nitro groups is 1. The first-order chi connectivity index (χ1) is 44.9. The van der Waals surface area contributed by atoms with Gasteiger partial charge in [-0.05, 0) is 79.2 Å². The second-order valence-electron chi connectivity index (χ2n) is 19.0. The minimum absolute atomic E-state index is 0.158. The number of carbonyl (C=O) groups is 1. The van der Waals surface area contributed by atoms with Crippen LogP contribution < -0.4 is 10.5 Å². The minimum Gasteiger partial charge on any atom is -0.505 e. The van der Waals surface area contributed by atoms with Crippen LogP contribution in [0.5, 0.6) is 23.1 Å². The van der Waals surface area contributed by atoms with E-state index < -0.39 is 257 Å². The summed E-state index contributed by atoms with van der Waals surface area (Å²) in [5, 5.41) is 83.0. The lowest BCUT2D eigenvalue weighted by Crippen LogP contribution is -2.09. The van der Waals surface area contributed by atoms with Gasteiger partial charge in [-0.25, -0.2) is 4.79 Å². The SMILES string of the molecule is Nc1c(N=Nc2ccc3c(O)c(/N=N\c4cc(/N=N/c5c(C(=O)O)nn(-c6ccc(S(=O)(=O)O)cc6)c5O)c(S(=O)(=O)O)cc4Cl)c(S(=O)(=O)O)cc3c2S(=O)(=O)O)cc(S(=O)(=O)O)c2cc(S(=O)(=O)O)c(N=Nc3cc(S(=O)(=O)O)cc([N+](=O)[O-])c3OCCCS(=O)(=O)O)c(O)c12. The van der Waals surface area contributed by atoms with Crippen molar-refractivity contribution in [1.82, 2.24) is 9.78 Å². The van der Waals surface area contributed by atoms with E-state index >= 15 is 0 Å². The molecule has 0 bridgehead atoms. The standard InChI is InChI=1S/C45H33ClN12O32S8/c46-23-14-31(95(78,79)80)26(50-55-38-39(45(62)63)56-57(44(38)61)17-2-4-18(5-3-17)92(69,70)71)15-25(23)49-53-36-32(96(81,82)83)12-21-20(40(36)59)6-7-24(43(21)98(87,88)89)48-51-27-16-30(94(75,76)77)22-13-33(97(84,85)86)37(41(60)34(22)35(27)47)54-52-28-10-19(93(72,73)74)11-29(58(64)65)42(28)90-8-1-9-91(66,67)68/h2-7,10-16,59-61H,1,8-9,47H2,(H,62,63)(H,66,67,68)(H,69,70,71)(H,72,73,74)(H,75,76,77)(H,78,79,80)(H,81,82,83)(H,84,85,86)(H,87,88,89)/b51-48?,53-49-,54-52?,55-50+. The summed E-state index contributed by atoms with van der Waals surface area (Å²) < 4.78 is 285. The van der Waals surface area contributed by atoms with Gasteiger partial charge in [0.15, 0.2) is 17.2 Å². The highest BCUT2D eigenvalue weighted by Gasteiger charge is 2.33. The van der Waals surface area contributed by atoms with E-state index in [-0.39, 0.29) is 36.0 Å². The number of aromatic hydroxyl groups is 3. The molecule has 0 aliphatic carbocycles. The van der Waals surface area contributed by atoms with Crippen LogP contribution in [0.3, 0.4) is 0 Å². The Hall–Kier alpha value is -9.89. The van der Waals surface area contributed by atoms with Crippen molar-refractivity contribution in [3.63, 3.8) is 0 Å². The molecular weight excluding hydrogens is 1510 g/mol. The monoisotopic (exact) mass is 1540 g/mol. The molecule has 44 nitrogen and oxygen atoms in total. The number of carboxylic acids is 1. The van der Waals surface area contributed by atoms with E-state index in [9.17, 15) is 135 Å². The van der Waals surface area contributed by atoms with Gasteiger partial charge < -0.3 is 30.9 Å². The van der Waals surface area contributed by atoms with Crippen molar-refractivity contribution in [3.05, 3.63) is 99.7 Å². The summed E-state index contributed by atoms with van der Waals surface area (Å²) in [6, 6.07) is 6.76. The number of benzene rings is 7. The van der Waals surface area contributed by atoms with Crippen LogP contribution in [0, 0.1) is 10.1 Å². The summed E-state index contributed by atoms with van der Waals surface area (Å²) >= 11 is 6.23. The number of ether oxygens (including phenoxy) is 1. The number of phenols is 2. The van der Waals surface area contributed by atoms with Gasteiger partial charge in [0, 0.05) is 22.2 Å². The van der Waals surface area contributed by atoms with E-state index in [2.05, 4.69) is 46.0 Å². The van der Waals surface area contributed by atoms with Gasteiger partial charge in [-0.1, -0.05) is 11.6 Å². The Bertz CT molecular complexity index is 5940. The van der Waals surface area contributed by atoms with Crippen molar-refractivity contribution < 1.29 is 139 Å². The highest BCUT2D eigenvalue weighted by Crippen LogP contribution is 2.51. The number of nitrogen functional groups attached to an aromatic ring is 1. The molecule has 0 aliphatic rings. The summed E-state index contributed by atoms with van der Waals surface area (Å²) in [5.41, 5.74) is -6.82. The molecule has 98 heavy (non-hydrogen) atoms. The van der Waals surface area contributed by atoms with Gasteiger partial charge >= 0.3 is 11.7 Å². The fraction of sp³-hybridized carbons (Fsp3) is 0.0667. The Morgan fingerprint density at radius 2 is 1.04 bits per heavy atom. The van der Waals surface area contributed by atoms with Gasteiger partial charge in [0.05, 0.1) is 44.0 Å². The Labute approximate surface area is 550 Å². The molecule has 0 saturated heterocycles. The number of rotatable bonds is 23. The summed E-state index contributed by atoms with van der Waals surface area (Å²) in [6.07, 6.45) is -0.641. The average molecular weight is 1550 g/mol. The van der Waals surface area contributed by atoms with Crippen molar-refractivity contribution in [2.45, 2.75) is 40.7 Å². The molecule has 8 rings (SSSR count). The molecule has 0 aliphatic heterocycles. The van der Waals surface area contributed by atoms with Crippen LogP contribution in [0.2, 0.25) is 5.02 Å². The van der Waals surface area contributed by atoms with Crippen LogP contribution >= 0.6 is 11.6 Å². The number of nitrogens with zero attached hydrogens (tertiary/aromatic N) is 11. The largest absolute Gasteiger partial charge is 0.505 e. The number of hydrogen-bond acceptors (Lipinski definition) is 33. The van der Waals surface area contributed by atoms with Gasteiger partial charge in [0.1, 0.15) is 69.2 Å². The topological polar surface area (TPSA) is 728 Å². The van der Waals surface area contributed by atoms with Crippen LogP contribution in [0.4, 0.5) is 56.9 Å². The fourth-order valence-corrected chi connectivity index (χ4v) is 13.7. The molecule has 7 aromatic carbocycles. The van der Waals surface area contributed by atoms with E-state index in [4.69, 9.17) is 26.6 Å². The molecule has 0 atom stereocenters. The molecule has 0 radical (unpaired) electrons. The second kappa shape index (κ2) is 26.2. The lowest BCUT2D eigenvalue weighted by Gasteiger charge is -2.15. The predicted molar refractivity (Wildman–Crippen MR) is 324 cm³/mol. The molecule has 0 unspecified atom stereocenters.